The molecule has 0 heterocycles. The van der Waals surface area contributed by atoms with Crippen molar-refractivity contribution < 1.29 is 14.5 Å². The smallest absolute Gasteiger partial charge is 0.271 e. The SMILES string of the molecule is N#C/C(=C\c1ccc(Oc2ccc([N+](=O)[O-])cc2C#N)cc1)C(=O)Nc1cc(Cl)ccc1Cl. The minimum atomic E-state index is -0.661. The number of halogens is 2. The zero-order valence-electron chi connectivity index (χ0n) is 16.6. The van der Waals surface area contributed by atoms with Gasteiger partial charge in [-0.2, -0.15) is 10.5 Å². The number of anilines is 1. The molecule has 0 saturated carbocycles. The van der Waals surface area contributed by atoms with Crippen LogP contribution >= 0.6 is 23.2 Å². The summed E-state index contributed by atoms with van der Waals surface area (Å²) in [5, 5.41) is 32.7. The number of hydrogen-bond acceptors (Lipinski definition) is 6. The summed E-state index contributed by atoms with van der Waals surface area (Å²) in [5.74, 6) is -0.153. The van der Waals surface area contributed by atoms with E-state index in [9.17, 15) is 25.4 Å². The number of ether oxygens (including phenoxy) is 1. The third-order valence-electron chi connectivity index (χ3n) is 4.26. The molecule has 3 aromatic rings. The maximum absolute atomic E-state index is 12.5. The highest BCUT2D eigenvalue weighted by Gasteiger charge is 2.14. The van der Waals surface area contributed by atoms with Crippen LogP contribution in [-0.4, -0.2) is 10.8 Å². The molecule has 0 aromatic heterocycles. The van der Waals surface area contributed by atoms with E-state index in [1.54, 1.807) is 30.3 Å². The van der Waals surface area contributed by atoms with E-state index >= 15 is 0 Å². The fourth-order valence-electron chi connectivity index (χ4n) is 2.67. The highest BCUT2D eigenvalue weighted by Crippen LogP contribution is 2.29. The van der Waals surface area contributed by atoms with Crippen molar-refractivity contribution >= 4 is 46.6 Å². The van der Waals surface area contributed by atoms with Crippen molar-refractivity contribution in [2.24, 2.45) is 0 Å². The first-order valence-electron chi connectivity index (χ1n) is 9.15. The van der Waals surface area contributed by atoms with Gasteiger partial charge in [-0.1, -0.05) is 35.3 Å². The van der Waals surface area contributed by atoms with E-state index in [1.807, 2.05) is 12.1 Å². The van der Waals surface area contributed by atoms with Crippen molar-refractivity contribution in [2.75, 3.05) is 5.32 Å². The molecule has 33 heavy (non-hydrogen) atoms. The van der Waals surface area contributed by atoms with Crippen LogP contribution in [-0.2, 0) is 4.79 Å². The lowest BCUT2D eigenvalue weighted by Gasteiger charge is -2.08. The van der Waals surface area contributed by atoms with Crippen LogP contribution in [0.4, 0.5) is 11.4 Å². The molecule has 8 nitrogen and oxygen atoms in total. The van der Waals surface area contributed by atoms with Gasteiger partial charge in [-0.05, 0) is 48.0 Å². The number of nitro benzene ring substituents is 1. The molecule has 0 aliphatic carbocycles. The van der Waals surface area contributed by atoms with Crippen molar-refractivity contribution in [3.8, 4) is 23.6 Å². The third kappa shape index (κ3) is 5.86. The lowest BCUT2D eigenvalue weighted by Crippen LogP contribution is -2.13. The van der Waals surface area contributed by atoms with Gasteiger partial charge in [0.15, 0.2) is 0 Å². The normalized spacial score (nSPS) is 10.6. The van der Waals surface area contributed by atoms with Gasteiger partial charge in [-0.25, -0.2) is 0 Å². The van der Waals surface area contributed by atoms with Crippen molar-refractivity contribution in [2.45, 2.75) is 0 Å². The second kappa shape index (κ2) is 10.3. The van der Waals surface area contributed by atoms with Crippen molar-refractivity contribution in [3.05, 3.63) is 97.5 Å². The number of nitrogens with one attached hydrogen (secondary N) is 1. The number of benzene rings is 3. The lowest BCUT2D eigenvalue weighted by atomic mass is 10.1. The number of nitrogens with zero attached hydrogens (tertiary/aromatic N) is 3. The van der Waals surface area contributed by atoms with Gasteiger partial charge >= 0.3 is 0 Å². The van der Waals surface area contributed by atoms with Gasteiger partial charge < -0.3 is 10.1 Å². The summed E-state index contributed by atoms with van der Waals surface area (Å²) in [4.78, 5) is 22.7. The molecule has 0 atom stereocenters. The van der Waals surface area contributed by atoms with Crippen LogP contribution < -0.4 is 10.1 Å². The molecule has 1 N–H and O–H groups in total. The predicted octanol–water partition coefficient (Wildman–Crippen LogP) is 6.11. The van der Waals surface area contributed by atoms with E-state index in [0.29, 0.717) is 16.3 Å². The van der Waals surface area contributed by atoms with Crippen LogP contribution in [0.15, 0.2) is 66.2 Å². The summed E-state index contributed by atoms with van der Waals surface area (Å²) in [5.41, 5.74) is 0.435. The summed E-state index contributed by atoms with van der Waals surface area (Å²) >= 11 is 11.9. The topological polar surface area (TPSA) is 129 Å². The molecule has 1 amide bonds. The van der Waals surface area contributed by atoms with E-state index < -0.39 is 10.8 Å². The van der Waals surface area contributed by atoms with Crippen molar-refractivity contribution in [1.82, 2.24) is 0 Å². The van der Waals surface area contributed by atoms with Crippen LogP contribution in [0.1, 0.15) is 11.1 Å². The molecule has 162 valence electrons. The number of non-ortho nitro benzene ring substituents is 1. The average Bonchev–Trinajstić information content (AvgIpc) is 2.80. The van der Waals surface area contributed by atoms with Gasteiger partial charge in [0.2, 0.25) is 0 Å². The molecular weight excluding hydrogens is 467 g/mol. The van der Waals surface area contributed by atoms with Gasteiger partial charge in [0.05, 0.1) is 15.6 Å². The molecule has 0 unspecified atom stereocenters. The maximum Gasteiger partial charge on any atom is 0.271 e. The molecule has 10 heteroatoms. The monoisotopic (exact) mass is 478 g/mol. The highest BCUT2D eigenvalue weighted by molar-refractivity contribution is 6.36. The quantitative estimate of drug-likeness (QED) is 0.197. The number of nitriles is 2. The van der Waals surface area contributed by atoms with E-state index in [4.69, 9.17) is 27.9 Å². The van der Waals surface area contributed by atoms with E-state index in [0.717, 1.165) is 6.07 Å². The van der Waals surface area contributed by atoms with Crippen LogP contribution in [0.3, 0.4) is 0 Å². The molecule has 0 aliphatic heterocycles. The Hall–Kier alpha value is -4.37. The molecule has 3 rings (SSSR count). The largest absolute Gasteiger partial charge is 0.456 e. The van der Waals surface area contributed by atoms with Crippen LogP contribution in [0.25, 0.3) is 6.08 Å². The number of amides is 1. The van der Waals surface area contributed by atoms with Crippen molar-refractivity contribution in [3.63, 3.8) is 0 Å². The molecule has 0 fully saturated rings. The lowest BCUT2D eigenvalue weighted by molar-refractivity contribution is -0.384. The van der Waals surface area contributed by atoms with E-state index in [1.165, 1.54) is 30.3 Å². The second-order valence-corrected chi connectivity index (χ2v) is 7.31. The van der Waals surface area contributed by atoms with Crippen LogP contribution in [0.2, 0.25) is 10.0 Å². The van der Waals surface area contributed by atoms with Crippen LogP contribution in [0.5, 0.6) is 11.5 Å². The molecule has 0 bridgehead atoms. The number of carbonyl (C=O) groups excluding carboxylic acids is 1. The van der Waals surface area contributed by atoms with Gasteiger partial charge in [-0.3, -0.25) is 14.9 Å². The summed E-state index contributed by atoms with van der Waals surface area (Å²) in [7, 11) is 0. The van der Waals surface area contributed by atoms with E-state index in [-0.39, 0.29) is 33.3 Å². The van der Waals surface area contributed by atoms with Gasteiger partial charge in [0.1, 0.15) is 34.8 Å². The van der Waals surface area contributed by atoms with Crippen molar-refractivity contribution in [1.29, 1.82) is 10.5 Å². The Kier molecular flexibility index (Phi) is 7.27. The Morgan fingerprint density at radius 3 is 2.42 bits per heavy atom. The molecule has 0 saturated heterocycles. The summed E-state index contributed by atoms with van der Waals surface area (Å²) < 4.78 is 5.64. The minimum absolute atomic E-state index is 0.0105. The molecule has 0 aliphatic rings. The fourth-order valence-corrected chi connectivity index (χ4v) is 3.00. The Morgan fingerprint density at radius 1 is 1.06 bits per heavy atom. The third-order valence-corrected chi connectivity index (χ3v) is 4.82. The van der Waals surface area contributed by atoms with E-state index in [2.05, 4.69) is 5.32 Å². The number of carbonyl (C=O) groups is 1. The first-order chi connectivity index (χ1) is 15.8. The first kappa shape index (κ1) is 23.3. The van der Waals surface area contributed by atoms with Gasteiger partial charge in [-0.15, -0.1) is 0 Å². The molecule has 3 aromatic carbocycles. The average molecular weight is 479 g/mol. The van der Waals surface area contributed by atoms with Crippen LogP contribution in [0, 0.1) is 32.8 Å². The fraction of sp³-hybridized carbons (Fsp3) is 0. The zero-order chi connectivity index (χ0) is 24.0. The molecular formula is C23H12Cl2N4O4. The highest BCUT2D eigenvalue weighted by atomic mass is 35.5. The Morgan fingerprint density at radius 2 is 1.79 bits per heavy atom. The second-order valence-electron chi connectivity index (χ2n) is 6.47. The minimum Gasteiger partial charge on any atom is -0.456 e. The summed E-state index contributed by atoms with van der Waals surface area (Å²) in [6.07, 6.45) is 1.38. The zero-order valence-corrected chi connectivity index (χ0v) is 18.1. The standard InChI is InChI=1S/C23H12Cl2N4O4/c24-17-3-7-20(25)21(11-17)28-23(30)16(13-27)9-14-1-5-19(6-2-14)33-22-8-4-18(29(31)32)10-15(22)12-26/h1-11H,(H,28,30)/b16-9+. The molecule has 0 radical (unpaired) electrons. The van der Waals surface area contributed by atoms with Gasteiger partial charge in [0.25, 0.3) is 11.6 Å². The first-order valence-corrected chi connectivity index (χ1v) is 9.91. The number of rotatable bonds is 6. The summed E-state index contributed by atoms with van der Waals surface area (Å²) in [6.45, 7) is 0. The molecule has 0 spiro atoms. The number of nitro groups is 1. The van der Waals surface area contributed by atoms with Gasteiger partial charge in [0, 0.05) is 17.2 Å². The Bertz CT molecular complexity index is 1360. The Labute approximate surface area is 198 Å². The Balaban J connectivity index is 1.77. The number of hydrogen-bond donors (Lipinski definition) is 1. The maximum atomic E-state index is 12.5. The summed E-state index contributed by atoms with van der Waals surface area (Å²) in [6, 6.07) is 18.3. The predicted molar refractivity (Wildman–Crippen MR) is 123 cm³/mol.